The monoisotopic (exact) mass is 349 g/mol. The highest BCUT2D eigenvalue weighted by molar-refractivity contribution is 8.13. The van der Waals surface area contributed by atoms with Crippen LogP contribution in [0.25, 0.3) is 0 Å². The molecule has 0 spiro atoms. The molecule has 1 saturated carbocycles. The van der Waals surface area contributed by atoms with E-state index in [9.17, 15) is 13.2 Å². The smallest absolute Gasteiger partial charge is 0.261 e. The first kappa shape index (κ1) is 16.6. The summed E-state index contributed by atoms with van der Waals surface area (Å²) in [5, 5.41) is 3.15. The molecule has 0 bridgehead atoms. The van der Waals surface area contributed by atoms with Crippen LogP contribution in [0.2, 0.25) is 5.02 Å². The fourth-order valence-corrected chi connectivity index (χ4v) is 3.50. The van der Waals surface area contributed by atoms with Crippen LogP contribution < -0.4 is 5.32 Å². The largest absolute Gasteiger partial charge is 0.349 e. The fourth-order valence-electron chi connectivity index (χ4n) is 2.52. The number of rotatable bonds is 3. The Balaban J connectivity index is 2.18. The van der Waals surface area contributed by atoms with E-state index in [-0.39, 0.29) is 27.4 Å². The average Bonchev–Trinajstić information content (AvgIpc) is 2.66. The normalized spacial score (nSPS) is 17.2. The summed E-state index contributed by atoms with van der Waals surface area (Å²) in [5.41, 5.74) is 0.141. The van der Waals surface area contributed by atoms with Crippen LogP contribution in [0.15, 0.2) is 23.1 Å². The number of nitrogens with one attached hydrogen (secondary N) is 1. The number of carbonyl (C=O) groups is 1. The summed E-state index contributed by atoms with van der Waals surface area (Å²) in [6.07, 6.45) is 6.44. The molecule has 1 aliphatic carbocycles. The van der Waals surface area contributed by atoms with Crippen LogP contribution in [0.1, 0.15) is 48.9 Å². The predicted octanol–water partition coefficient (Wildman–Crippen LogP) is 3.72. The molecule has 0 unspecified atom stereocenters. The third-order valence-corrected chi connectivity index (χ3v) is 5.34. The molecule has 1 fully saturated rings. The molecule has 0 heterocycles. The van der Waals surface area contributed by atoms with Crippen LogP contribution in [0.4, 0.5) is 0 Å². The molecule has 1 N–H and O–H groups in total. The van der Waals surface area contributed by atoms with Gasteiger partial charge in [-0.2, -0.15) is 0 Å². The lowest BCUT2D eigenvalue weighted by atomic mass is 10.1. The van der Waals surface area contributed by atoms with E-state index < -0.39 is 9.05 Å². The van der Waals surface area contributed by atoms with Gasteiger partial charge >= 0.3 is 0 Å². The predicted molar refractivity (Wildman–Crippen MR) is 83.4 cm³/mol. The third-order valence-electron chi connectivity index (χ3n) is 3.65. The highest BCUT2D eigenvalue weighted by Crippen LogP contribution is 2.24. The highest BCUT2D eigenvalue weighted by atomic mass is 35.7. The lowest BCUT2D eigenvalue weighted by Crippen LogP contribution is -2.34. The lowest BCUT2D eigenvalue weighted by molar-refractivity contribution is 0.0933. The maximum Gasteiger partial charge on any atom is 0.261 e. The molecule has 0 aromatic heterocycles. The van der Waals surface area contributed by atoms with Crippen molar-refractivity contribution in [1.29, 1.82) is 0 Å². The van der Waals surface area contributed by atoms with Crippen molar-refractivity contribution in [2.24, 2.45) is 0 Å². The van der Waals surface area contributed by atoms with Crippen molar-refractivity contribution in [2.75, 3.05) is 0 Å². The molecule has 21 heavy (non-hydrogen) atoms. The molecule has 0 saturated heterocycles. The zero-order valence-electron chi connectivity index (χ0n) is 11.4. The maximum atomic E-state index is 12.3. The number of hydrogen-bond donors (Lipinski definition) is 1. The Morgan fingerprint density at radius 1 is 1.14 bits per heavy atom. The van der Waals surface area contributed by atoms with Gasteiger partial charge in [-0.1, -0.05) is 37.3 Å². The number of hydrogen-bond acceptors (Lipinski definition) is 3. The van der Waals surface area contributed by atoms with Crippen molar-refractivity contribution >= 4 is 37.2 Å². The minimum atomic E-state index is -3.88. The first-order valence-electron chi connectivity index (χ1n) is 6.93. The van der Waals surface area contributed by atoms with Crippen molar-refractivity contribution in [2.45, 2.75) is 49.5 Å². The van der Waals surface area contributed by atoms with Gasteiger partial charge in [0, 0.05) is 16.7 Å². The molecule has 116 valence electrons. The number of carbonyl (C=O) groups excluding carboxylic acids is 1. The summed E-state index contributed by atoms with van der Waals surface area (Å²) in [6, 6.07) is 4.00. The molecule has 1 aliphatic rings. The van der Waals surface area contributed by atoms with Crippen LogP contribution in [-0.2, 0) is 9.05 Å². The highest BCUT2D eigenvalue weighted by Gasteiger charge is 2.20. The molecule has 1 aromatic carbocycles. The standard InChI is InChI=1S/C14H17Cl2NO3S/c15-13-8-7-11(21(16,19)20)9-12(13)14(18)17-10-5-3-1-2-4-6-10/h7-10H,1-6H2,(H,17,18). The van der Waals surface area contributed by atoms with E-state index in [2.05, 4.69) is 5.32 Å². The zero-order valence-corrected chi connectivity index (χ0v) is 13.8. The Kier molecular flexibility index (Phi) is 5.52. The van der Waals surface area contributed by atoms with Gasteiger partial charge in [-0.25, -0.2) is 8.42 Å². The van der Waals surface area contributed by atoms with E-state index >= 15 is 0 Å². The second kappa shape index (κ2) is 6.99. The van der Waals surface area contributed by atoms with Gasteiger partial charge in [0.1, 0.15) is 0 Å². The molecule has 1 aromatic rings. The number of benzene rings is 1. The topological polar surface area (TPSA) is 63.2 Å². The van der Waals surface area contributed by atoms with E-state index in [0.29, 0.717) is 0 Å². The Morgan fingerprint density at radius 3 is 2.33 bits per heavy atom. The molecular formula is C14H17Cl2NO3S. The molecular weight excluding hydrogens is 333 g/mol. The van der Waals surface area contributed by atoms with E-state index in [4.69, 9.17) is 22.3 Å². The van der Waals surface area contributed by atoms with Crippen LogP contribution in [0, 0.1) is 0 Å². The first-order valence-corrected chi connectivity index (χ1v) is 9.62. The van der Waals surface area contributed by atoms with Gasteiger partial charge in [0.2, 0.25) is 0 Å². The van der Waals surface area contributed by atoms with Gasteiger partial charge in [0.05, 0.1) is 15.5 Å². The summed E-state index contributed by atoms with van der Waals surface area (Å²) < 4.78 is 22.7. The molecule has 1 amide bonds. The van der Waals surface area contributed by atoms with Crippen LogP contribution >= 0.6 is 22.3 Å². The SMILES string of the molecule is O=C(NC1CCCCCC1)c1cc(S(=O)(=O)Cl)ccc1Cl. The molecule has 7 heteroatoms. The maximum absolute atomic E-state index is 12.3. The third kappa shape index (κ3) is 4.59. The summed E-state index contributed by atoms with van der Waals surface area (Å²) in [6.45, 7) is 0. The Labute approximate surface area is 134 Å². The average molecular weight is 350 g/mol. The molecule has 0 atom stereocenters. The van der Waals surface area contributed by atoms with Crippen molar-refractivity contribution < 1.29 is 13.2 Å². The van der Waals surface area contributed by atoms with Gasteiger partial charge in [-0.3, -0.25) is 4.79 Å². The van der Waals surface area contributed by atoms with Crippen molar-refractivity contribution in [3.63, 3.8) is 0 Å². The Bertz CT molecular complexity index is 623. The summed E-state index contributed by atoms with van der Waals surface area (Å²) in [7, 11) is 1.42. The Hall–Kier alpha value is -0.780. The van der Waals surface area contributed by atoms with Crippen molar-refractivity contribution in [3.8, 4) is 0 Å². The molecule has 0 radical (unpaired) electrons. The quantitative estimate of drug-likeness (QED) is 0.668. The van der Waals surface area contributed by atoms with E-state index in [1.54, 1.807) is 0 Å². The number of halogens is 2. The fraction of sp³-hybridized carbons (Fsp3) is 0.500. The van der Waals surface area contributed by atoms with Crippen molar-refractivity contribution in [3.05, 3.63) is 28.8 Å². The molecule has 2 rings (SSSR count). The van der Waals surface area contributed by atoms with E-state index in [0.717, 1.165) is 25.7 Å². The van der Waals surface area contributed by atoms with E-state index in [1.165, 1.54) is 31.0 Å². The number of amides is 1. The Morgan fingerprint density at radius 2 is 1.76 bits per heavy atom. The molecule has 0 aliphatic heterocycles. The molecule has 4 nitrogen and oxygen atoms in total. The summed E-state index contributed by atoms with van der Waals surface area (Å²) in [5.74, 6) is -0.353. The summed E-state index contributed by atoms with van der Waals surface area (Å²) >= 11 is 5.99. The minimum Gasteiger partial charge on any atom is -0.349 e. The van der Waals surface area contributed by atoms with Gasteiger partial charge in [0.15, 0.2) is 0 Å². The second-order valence-electron chi connectivity index (χ2n) is 5.24. The minimum absolute atomic E-state index is 0.118. The van der Waals surface area contributed by atoms with Gasteiger partial charge in [-0.05, 0) is 31.0 Å². The second-order valence-corrected chi connectivity index (χ2v) is 8.21. The van der Waals surface area contributed by atoms with Gasteiger partial charge in [-0.15, -0.1) is 0 Å². The van der Waals surface area contributed by atoms with Crippen molar-refractivity contribution in [1.82, 2.24) is 5.32 Å². The van der Waals surface area contributed by atoms with Crippen LogP contribution in [-0.4, -0.2) is 20.4 Å². The summed E-state index contributed by atoms with van der Waals surface area (Å²) in [4.78, 5) is 12.2. The van der Waals surface area contributed by atoms with Gasteiger partial charge < -0.3 is 5.32 Å². The van der Waals surface area contributed by atoms with Gasteiger partial charge in [0.25, 0.3) is 15.0 Å². The van der Waals surface area contributed by atoms with Crippen LogP contribution in [0.5, 0.6) is 0 Å². The van der Waals surface area contributed by atoms with E-state index in [1.807, 2.05) is 0 Å². The lowest BCUT2D eigenvalue weighted by Gasteiger charge is -2.17. The first-order chi connectivity index (χ1) is 9.88. The zero-order chi connectivity index (χ0) is 15.5. The van der Waals surface area contributed by atoms with Crippen LogP contribution in [0.3, 0.4) is 0 Å².